The van der Waals surface area contributed by atoms with E-state index in [0.717, 1.165) is 18.9 Å². The van der Waals surface area contributed by atoms with Crippen LogP contribution in [0.4, 0.5) is 13.2 Å². The summed E-state index contributed by atoms with van der Waals surface area (Å²) in [6, 6.07) is 5.78. The topological polar surface area (TPSA) is 32.3 Å². The fraction of sp³-hybridized carbons (Fsp3) is 0.588. The third kappa shape index (κ3) is 4.47. The average Bonchev–Trinajstić information content (AvgIpc) is 2.54. The van der Waals surface area contributed by atoms with E-state index in [9.17, 15) is 18.0 Å². The van der Waals surface area contributed by atoms with Crippen molar-refractivity contribution in [2.24, 2.45) is 0 Å². The molecule has 0 spiro atoms. The maximum Gasteiger partial charge on any atom is 0.416 e. The second-order valence-electron chi connectivity index (χ2n) is 6.16. The highest BCUT2D eigenvalue weighted by Crippen LogP contribution is 2.36. The number of piperidine rings is 1. The molecular formula is C17H23F3N2O. The van der Waals surface area contributed by atoms with Crippen LogP contribution in [0.2, 0.25) is 0 Å². The lowest BCUT2D eigenvalue weighted by atomic mass is 9.92. The van der Waals surface area contributed by atoms with Crippen molar-refractivity contribution in [3.8, 4) is 0 Å². The van der Waals surface area contributed by atoms with Crippen LogP contribution in [0.5, 0.6) is 0 Å². The lowest BCUT2D eigenvalue weighted by Crippen LogP contribution is -2.47. The van der Waals surface area contributed by atoms with E-state index in [0.29, 0.717) is 13.1 Å². The van der Waals surface area contributed by atoms with Crippen molar-refractivity contribution in [1.82, 2.24) is 10.2 Å². The van der Waals surface area contributed by atoms with E-state index in [1.54, 1.807) is 17.9 Å². The Hall–Kier alpha value is -1.56. The minimum Gasteiger partial charge on any atom is -0.341 e. The van der Waals surface area contributed by atoms with Crippen molar-refractivity contribution in [2.45, 2.75) is 44.3 Å². The largest absolute Gasteiger partial charge is 0.416 e. The van der Waals surface area contributed by atoms with Gasteiger partial charge in [-0.05, 0) is 37.4 Å². The Morgan fingerprint density at radius 2 is 2.09 bits per heavy atom. The number of halogens is 3. The van der Waals surface area contributed by atoms with E-state index in [2.05, 4.69) is 5.32 Å². The summed E-state index contributed by atoms with van der Waals surface area (Å²) >= 11 is 0. The standard InChI is InChI=1S/C17H23F3N2O/c1-12(14-7-3-4-8-15(14)17(18,19)20)10-16(23)22-9-5-6-13(11-22)21-2/h3-4,7-8,12-13,21H,5-6,9-11H2,1-2H3/t12-,13+/m1/s1. The summed E-state index contributed by atoms with van der Waals surface area (Å²) in [5.74, 6) is -0.537. The minimum atomic E-state index is -4.39. The van der Waals surface area contributed by atoms with Crippen molar-refractivity contribution >= 4 is 5.91 Å². The van der Waals surface area contributed by atoms with E-state index < -0.39 is 17.7 Å². The Labute approximate surface area is 134 Å². The molecule has 1 saturated heterocycles. The predicted molar refractivity (Wildman–Crippen MR) is 83.1 cm³/mol. The van der Waals surface area contributed by atoms with Gasteiger partial charge in [-0.1, -0.05) is 25.1 Å². The van der Waals surface area contributed by atoms with E-state index in [-0.39, 0.29) is 23.9 Å². The first-order valence-electron chi connectivity index (χ1n) is 7.94. The fourth-order valence-corrected chi connectivity index (χ4v) is 3.13. The molecule has 1 amide bonds. The first kappa shape index (κ1) is 17.8. The number of hydrogen-bond donors (Lipinski definition) is 1. The number of nitrogens with zero attached hydrogens (tertiary/aromatic N) is 1. The number of likely N-dealkylation sites (tertiary alicyclic amines) is 1. The molecule has 0 saturated carbocycles. The number of nitrogens with one attached hydrogen (secondary N) is 1. The number of rotatable bonds is 4. The van der Waals surface area contributed by atoms with Gasteiger partial charge in [-0.25, -0.2) is 0 Å². The van der Waals surface area contributed by atoms with Crippen molar-refractivity contribution in [1.29, 1.82) is 0 Å². The highest BCUT2D eigenvalue weighted by atomic mass is 19.4. The molecule has 0 aromatic heterocycles. The fourth-order valence-electron chi connectivity index (χ4n) is 3.13. The number of alkyl halides is 3. The minimum absolute atomic E-state index is 0.0746. The van der Waals surface area contributed by atoms with E-state index in [4.69, 9.17) is 0 Å². The van der Waals surface area contributed by atoms with E-state index in [1.807, 2.05) is 7.05 Å². The van der Waals surface area contributed by atoms with Crippen LogP contribution in [0.25, 0.3) is 0 Å². The molecule has 1 aliphatic rings. The molecule has 1 aliphatic heterocycles. The molecule has 0 aliphatic carbocycles. The van der Waals surface area contributed by atoms with Crippen LogP contribution in [0.3, 0.4) is 0 Å². The molecule has 0 bridgehead atoms. The van der Waals surface area contributed by atoms with Crippen molar-refractivity contribution in [2.75, 3.05) is 20.1 Å². The number of carbonyl (C=O) groups is 1. The van der Waals surface area contributed by atoms with Gasteiger partial charge in [0, 0.05) is 25.6 Å². The molecule has 1 heterocycles. The predicted octanol–water partition coefficient (Wildman–Crippen LogP) is 3.41. The highest BCUT2D eigenvalue weighted by molar-refractivity contribution is 5.77. The summed E-state index contributed by atoms with van der Waals surface area (Å²) in [6.07, 6.45) is -2.35. The molecule has 128 valence electrons. The maximum atomic E-state index is 13.1. The van der Waals surface area contributed by atoms with E-state index in [1.165, 1.54) is 12.1 Å². The molecule has 0 radical (unpaired) electrons. The van der Waals surface area contributed by atoms with Gasteiger partial charge < -0.3 is 10.2 Å². The van der Waals surface area contributed by atoms with Crippen LogP contribution in [-0.2, 0) is 11.0 Å². The van der Waals surface area contributed by atoms with Gasteiger partial charge in [-0.3, -0.25) is 4.79 Å². The number of benzene rings is 1. The van der Waals surface area contributed by atoms with Crippen LogP contribution in [0, 0.1) is 0 Å². The molecule has 2 atom stereocenters. The third-order valence-electron chi connectivity index (χ3n) is 4.46. The first-order valence-corrected chi connectivity index (χ1v) is 7.94. The Bertz CT molecular complexity index is 545. The van der Waals surface area contributed by atoms with Crippen LogP contribution in [-0.4, -0.2) is 37.0 Å². The van der Waals surface area contributed by atoms with Gasteiger partial charge in [0.1, 0.15) is 0 Å². The number of hydrogen-bond acceptors (Lipinski definition) is 2. The number of likely N-dealkylation sites (N-methyl/N-ethyl adjacent to an activating group) is 1. The van der Waals surface area contributed by atoms with Gasteiger partial charge in [-0.2, -0.15) is 13.2 Å². The van der Waals surface area contributed by atoms with Crippen LogP contribution in [0.15, 0.2) is 24.3 Å². The van der Waals surface area contributed by atoms with Gasteiger partial charge in [0.05, 0.1) is 5.56 Å². The van der Waals surface area contributed by atoms with Crippen LogP contribution >= 0.6 is 0 Å². The molecule has 1 aromatic rings. The van der Waals surface area contributed by atoms with Gasteiger partial charge in [0.2, 0.25) is 5.91 Å². The quantitative estimate of drug-likeness (QED) is 0.919. The lowest BCUT2D eigenvalue weighted by molar-refractivity contribution is -0.139. The molecule has 2 rings (SSSR count). The Morgan fingerprint density at radius 3 is 2.74 bits per heavy atom. The Balaban J connectivity index is 2.07. The van der Waals surface area contributed by atoms with Crippen LogP contribution < -0.4 is 5.32 Å². The first-order chi connectivity index (χ1) is 10.8. The second kappa shape index (κ2) is 7.34. The van der Waals surface area contributed by atoms with Gasteiger partial charge >= 0.3 is 6.18 Å². The van der Waals surface area contributed by atoms with Crippen molar-refractivity contribution in [3.63, 3.8) is 0 Å². The van der Waals surface area contributed by atoms with Gasteiger partial charge in [-0.15, -0.1) is 0 Å². The monoisotopic (exact) mass is 328 g/mol. The normalized spacial score (nSPS) is 20.4. The molecule has 3 nitrogen and oxygen atoms in total. The van der Waals surface area contributed by atoms with E-state index >= 15 is 0 Å². The highest BCUT2D eigenvalue weighted by Gasteiger charge is 2.34. The molecule has 1 N–H and O–H groups in total. The molecule has 0 unspecified atom stereocenters. The molecular weight excluding hydrogens is 305 g/mol. The maximum absolute atomic E-state index is 13.1. The Kier molecular flexibility index (Phi) is 5.68. The molecule has 1 fully saturated rings. The van der Waals surface area contributed by atoms with Gasteiger partial charge in [0.15, 0.2) is 0 Å². The SMILES string of the molecule is CN[C@H]1CCCN(C(=O)C[C@@H](C)c2ccccc2C(F)(F)F)C1. The third-order valence-corrected chi connectivity index (χ3v) is 4.46. The summed E-state index contributed by atoms with van der Waals surface area (Å²) in [6.45, 7) is 3.00. The molecule has 1 aromatic carbocycles. The second-order valence-corrected chi connectivity index (χ2v) is 6.16. The smallest absolute Gasteiger partial charge is 0.341 e. The molecule has 23 heavy (non-hydrogen) atoms. The van der Waals surface area contributed by atoms with Crippen molar-refractivity contribution < 1.29 is 18.0 Å². The zero-order valence-corrected chi connectivity index (χ0v) is 13.5. The summed E-state index contributed by atoms with van der Waals surface area (Å²) in [5, 5.41) is 3.16. The van der Waals surface area contributed by atoms with Gasteiger partial charge in [0.25, 0.3) is 0 Å². The lowest BCUT2D eigenvalue weighted by Gasteiger charge is -2.33. The Morgan fingerprint density at radius 1 is 1.39 bits per heavy atom. The van der Waals surface area contributed by atoms with Crippen molar-refractivity contribution in [3.05, 3.63) is 35.4 Å². The molecule has 6 heteroatoms. The summed E-state index contributed by atoms with van der Waals surface area (Å²) < 4.78 is 39.3. The van der Waals surface area contributed by atoms with Crippen LogP contribution in [0.1, 0.15) is 43.2 Å². The summed E-state index contributed by atoms with van der Waals surface area (Å²) in [5.41, 5.74) is -0.456. The summed E-state index contributed by atoms with van der Waals surface area (Å²) in [4.78, 5) is 14.2. The zero-order valence-electron chi connectivity index (χ0n) is 13.5. The number of carbonyl (C=O) groups excluding carboxylic acids is 1. The average molecular weight is 328 g/mol. The number of amides is 1. The summed E-state index contributed by atoms with van der Waals surface area (Å²) in [7, 11) is 1.86. The zero-order chi connectivity index (χ0) is 17.0.